The molecule has 1 aliphatic heterocycles. The van der Waals surface area contributed by atoms with E-state index in [1.807, 2.05) is 18.2 Å². The molecule has 1 unspecified atom stereocenters. The maximum absolute atomic E-state index is 14.1. The molecule has 3 amide bonds. The molecule has 1 atom stereocenters. The summed E-state index contributed by atoms with van der Waals surface area (Å²) in [6.45, 7) is 1.35. The summed E-state index contributed by atoms with van der Waals surface area (Å²) in [6, 6.07) is 14.9. The van der Waals surface area contributed by atoms with E-state index < -0.39 is 17.9 Å². The molecule has 0 spiro atoms. The molecule has 3 rings (SSSR count). The van der Waals surface area contributed by atoms with E-state index in [0.717, 1.165) is 19.3 Å². The van der Waals surface area contributed by atoms with Crippen LogP contribution in [-0.4, -0.2) is 29.9 Å². The molecule has 6 heteroatoms. The number of benzene rings is 2. The van der Waals surface area contributed by atoms with Crippen LogP contribution in [0.2, 0.25) is 0 Å². The molecule has 1 heterocycles. The molecular formula is C22H26FN3O2. The minimum atomic E-state index is -0.775. The van der Waals surface area contributed by atoms with Crippen LogP contribution < -0.4 is 11.1 Å². The second kappa shape index (κ2) is 9.35. The number of nitrogens with one attached hydrogen (secondary N) is 1. The molecule has 1 saturated heterocycles. The van der Waals surface area contributed by atoms with E-state index in [1.54, 1.807) is 23.1 Å². The molecular weight excluding hydrogens is 357 g/mol. The van der Waals surface area contributed by atoms with Crippen molar-refractivity contribution in [1.82, 2.24) is 10.2 Å². The monoisotopic (exact) mass is 383 g/mol. The lowest BCUT2D eigenvalue weighted by Gasteiger charge is -2.33. The zero-order valence-electron chi connectivity index (χ0n) is 15.8. The number of nitrogens with two attached hydrogens (primary N) is 1. The summed E-state index contributed by atoms with van der Waals surface area (Å²) < 4.78 is 14.1. The van der Waals surface area contributed by atoms with Crippen LogP contribution in [0.15, 0.2) is 54.6 Å². The highest BCUT2D eigenvalue weighted by atomic mass is 19.1. The van der Waals surface area contributed by atoms with Gasteiger partial charge in [-0.1, -0.05) is 48.5 Å². The van der Waals surface area contributed by atoms with E-state index in [9.17, 15) is 14.0 Å². The average molecular weight is 383 g/mol. The van der Waals surface area contributed by atoms with Crippen LogP contribution in [0.4, 0.5) is 9.18 Å². The van der Waals surface area contributed by atoms with Gasteiger partial charge in [0.05, 0.1) is 12.5 Å². The van der Waals surface area contributed by atoms with Crippen LogP contribution in [0, 0.1) is 11.7 Å². The van der Waals surface area contributed by atoms with Gasteiger partial charge in [0.1, 0.15) is 5.82 Å². The summed E-state index contributed by atoms with van der Waals surface area (Å²) in [7, 11) is 0. The number of likely N-dealkylation sites (tertiary alicyclic amines) is 1. The van der Waals surface area contributed by atoms with E-state index in [1.165, 1.54) is 11.6 Å². The minimum absolute atomic E-state index is 0.00672. The number of carbonyl (C=O) groups excluding carboxylic acids is 2. The number of hydrogen-bond donors (Lipinski definition) is 2. The first-order valence-electron chi connectivity index (χ1n) is 9.65. The summed E-state index contributed by atoms with van der Waals surface area (Å²) >= 11 is 0. The van der Waals surface area contributed by atoms with Crippen molar-refractivity contribution in [3.63, 3.8) is 0 Å². The maximum Gasteiger partial charge on any atom is 0.312 e. The Bertz CT molecular complexity index is 804. The summed E-state index contributed by atoms with van der Waals surface area (Å²) in [6.07, 6.45) is 2.89. The Morgan fingerprint density at radius 1 is 1.07 bits per heavy atom. The van der Waals surface area contributed by atoms with Gasteiger partial charge in [-0.15, -0.1) is 0 Å². The fourth-order valence-corrected chi connectivity index (χ4v) is 3.81. The molecule has 1 aliphatic rings. The molecule has 2 aromatic carbocycles. The number of urea groups is 1. The number of piperidine rings is 1. The van der Waals surface area contributed by atoms with Crippen molar-refractivity contribution in [3.8, 4) is 0 Å². The van der Waals surface area contributed by atoms with E-state index >= 15 is 0 Å². The predicted octanol–water partition coefficient (Wildman–Crippen LogP) is 3.41. The van der Waals surface area contributed by atoms with Crippen molar-refractivity contribution >= 4 is 11.9 Å². The predicted molar refractivity (Wildman–Crippen MR) is 106 cm³/mol. The highest BCUT2D eigenvalue weighted by Crippen LogP contribution is 2.25. The second-order valence-electron chi connectivity index (χ2n) is 7.30. The van der Waals surface area contributed by atoms with Gasteiger partial charge in [-0.05, 0) is 36.8 Å². The van der Waals surface area contributed by atoms with Gasteiger partial charge in [-0.2, -0.15) is 0 Å². The summed E-state index contributed by atoms with van der Waals surface area (Å²) in [5.74, 6) is -0.00616. The Balaban J connectivity index is 1.57. The standard InChI is InChI=1S/C22H26FN3O2/c23-19-9-5-4-8-18(19)20(25-22(24)28)15-21(27)26-12-10-17(11-13-26)14-16-6-2-1-3-7-16/h1-9,17,20H,10-15H2,(H3,24,25,28). The number of nitrogens with zero attached hydrogens (tertiary/aromatic N) is 1. The van der Waals surface area contributed by atoms with Gasteiger partial charge in [-0.25, -0.2) is 9.18 Å². The number of primary amides is 1. The van der Waals surface area contributed by atoms with Gasteiger partial charge in [0, 0.05) is 18.7 Å². The minimum Gasteiger partial charge on any atom is -0.352 e. The summed E-state index contributed by atoms with van der Waals surface area (Å²) in [5.41, 5.74) is 6.82. The van der Waals surface area contributed by atoms with Crippen LogP contribution in [0.1, 0.15) is 36.4 Å². The topological polar surface area (TPSA) is 75.4 Å². The third-order valence-electron chi connectivity index (χ3n) is 5.31. The fraction of sp³-hybridized carbons (Fsp3) is 0.364. The summed E-state index contributed by atoms with van der Waals surface area (Å²) in [5, 5.41) is 2.50. The Hall–Kier alpha value is -2.89. The van der Waals surface area contributed by atoms with Crippen molar-refractivity contribution in [2.24, 2.45) is 11.7 Å². The second-order valence-corrected chi connectivity index (χ2v) is 7.30. The van der Waals surface area contributed by atoms with E-state index in [4.69, 9.17) is 5.73 Å². The number of hydrogen-bond acceptors (Lipinski definition) is 2. The first-order valence-corrected chi connectivity index (χ1v) is 9.65. The Morgan fingerprint density at radius 2 is 1.71 bits per heavy atom. The van der Waals surface area contributed by atoms with Crippen LogP contribution in [0.3, 0.4) is 0 Å². The van der Waals surface area contributed by atoms with Crippen molar-refractivity contribution in [3.05, 3.63) is 71.5 Å². The van der Waals surface area contributed by atoms with Crippen LogP contribution >= 0.6 is 0 Å². The largest absolute Gasteiger partial charge is 0.352 e. The quantitative estimate of drug-likeness (QED) is 0.802. The molecule has 5 nitrogen and oxygen atoms in total. The first-order chi connectivity index (χ1) is 13.5. The number of carbonyl (C=O) groups is 2. The highest BCUT2D eigenvalue weighted by Gasteiger charge is 2.27. The van der Waals surface area contributed by atoms with Gasteiger partial charge in [0.2, 0.25) is 5.91 Å². The van der Waals surface area contributed by atoms with E-state index in [2.05, 4.69) is 17.4 Å². The SMILES string of the molecule is NC(=O)NC(CC(=O)N1CCC(Cc2ccccc2)CC1)c1ccccc1F. The lowest BCUT2D eigenvalue weighted by atomic mass is 9.90. The lowest BCUT2D eigenvalue weighted by Crippen LogP contribution is -2.42. The van der Waals surface area contributed by atoms with Crippen molar-refractivity contribution < 1.29 is 14.0 Å². The molecule has 0 radical (unpaired) electrons. The smallest absolute Gasteiger partial charge is 0.312 e. The zero-order valence-corrected chi connectivity index (χ0v) is 15.8. The molecule has 3 N–H and O–H groups in total. The molecule has 148 valence electrons. The van der Waals surface area contributed by atoms with Gasteiger partial charge < -0.3 is 16.0 Å². The Labute approximate surface area is 164 Å². The molecule has 1 fully saturated rings. The number of amides is 3. The highest BCUT2D eigenvalue weighted by molar-refractivity contribution is 5.79. The van der Waals surface area contributed by atoms with Crippen molar-refractivity contribution in [1.29, 1.82) is 0 Å². The average Bonchev–Trinajstić information content (AvgIpc) is 2.69. The van der Waals surface area contributed by atoms with E-state index in [-0.39, 0.29) is 17.9 Å². The fourth-order valence-electron chi connectivity index (χ4n) is 3.81. The Kier molecular flexibility index (Phi) is 6.63. The van der Waals surface area contributed by atoms with Gasteiger partial charge in [0.25, 0.3) is 0 Å². The maximum atomic E-state index is 14.1. The molecule has 28 heavy (non-hydrogen) atoms. The van der Waals surface area contributed by atoms with Crippen molar-refractivity contribution in [2.75, 3.05) is 13.1 Å². The first kappa shape index (κ1) is 19.9. The van der Waals surface area contributed by atoms with Gasteiger partial charge in [-0.3, -0.25) is 4.79 Å². The third-order valence-corrected chi connectivity index (χ3v) is 5.31. The van der Waals surface area contributed by atoms with Crippen LogP contribution in [-0.2, 0) is 11.2 Å². The molecule has 2 aromatic rings. The lowest BCUT2D eigenvalue weighted by molar-refractivity contribution is -0.133. The van der Waals surface area contributed by atoms with Crippen LogP contribution in [0.25, 0.3) is 0 Å². The van der Waals surface area contributed by atoms with Gasteiger partial charge >= 0.3 is 6.03 Å². The molecule has 0 aliphatic carbocycles. The number of halogens is 1. The van der Waals surface area contributed by atoms with Gasteiger partial charge in [0.15, 0.2) is 0 Å². The molecule has 0 bridgehead atoms. The molecule has 0 saturated carbocycles. The summed E-state index contributed by atoms with van der Waals surface area (Å²) in [4.78, 5) is 25.9. The van der Waals surface area contributed by atoms with E-state index in [0.29, 0.717) is 19.0 Å². The number of rotatable bonds is 6. The molecule has 0 aromatic heterocycles. The normalized spacial score (nSPS) is 15.8. The zero-order chi connectivity index (χ0) is 19.9. The Morgan fingerprint density at radius 3 is 2.36 bits per heavy atom. The third kappa shape index (κ3) is 5.31. The van der Waals surface area contributed by atoms with Crippen molar-refractivity contribution in [2.45, 2.75) is 31.7 Å². The van der Waals surface area contributed by atoms with Crippen LogP contribution in [0.5, 0.6) is 0 Å².